The Morgan fingerprint density at radius 1 is 1.25 bits per heavy atom. The summed E-state index contributed by atoms with van der Waals surface area (Å²) in [7, 11) is -3.47. The molecule has 5 nitrogen and oxygen atoms in total. The van der Waals surface area contributed by atoms with Gasteiger partial charge in [-0.25, -0.2) is 8.42 Å². The number of hydrogen-bond donors (Lipinski definition) is 1. The first-order valence-corrected chi connectivity index (χ1v) is 8.95. The molecule has 1 aliphatic heterocycles. The van der Waals surface area contributed by atoms with Gasteiger partial charge in [0.25, 0.3) is 0 Å². The maximum atomic E-state index is 12.5. The first-order chi connectivity index (χ1) is 9.45. The molecule has 2 N–H and O–H groups in total. The van der Waals surface area contributed by atoms with Gasteiger partial charge in [-0.05, 0) is 30.5 Å². The molecule has 1 amide bonds. The van der Waals surface area contributed by atoms with Crippen molar-refractivity contribution in [2.45, 2.75) is 23.1 Å². The molecule has 1 aromatic carbocycles. The zero-order valence-corrected chi connectivity index (χ0v) is 13.4. The Bertz CT molecular complexity index is 578. The van der Waals surface area contributed by atoms with E-state index < -0.39 is 10.0 Å². The Labute approximate surface area is 127 Å². The van der Waals surface area contributed by atoms with E-state index in [0.717, 1.165) is 5.56 Å². The number of sulfonamides is 1. The van der Waals surface area contributed by atoms with Gasteiger partial charge in [-0.2, -0.15) is 4.31 Å². The van der Waals surface area contributed by atoms with Crippen molar-refractivity contribution >= 4 is 31.9 Å². The predicted octanol–water partition coefficient (Wildman–Crippen LogP) is 1.47. The normalized spacial score (nSPS) is 18.1. The van der Waals surface area contributed by atoms with Crippen LogP contribution in [-0.4, -0.2) is 31.7 Å². The number of rotatable bonds is 4. The largest absolute Gasteiger partial charge is 0.369 e. The van der Waals surface area contributed by atoms with Gasteiger partial charge in [0.05, 0.1) is 4.90 Å². The van der Waals surface area contributed by atoms with Crippen molar-refractivity contribution in [1.29, 1.82) is 0 Å². The molecule has 1 aromatic rings. The number of carbonyl (C=O) groups excluding carboxylic acids is 1. The molecule has 0 atom stereocenters. The van der Waals surface area contributed by atoms with Crippen LogP contribution in [0, 0.1) is 5.92 Å². The smallest absolute Gasteiger partial charge is 0.243 e. The van der Waals surface area contributed by atoms with Gasteiger partial charge in [0.15, 0.2) is 0 Å². The van der Waals surface area contributed by atoms with Gasteiger partial charge >= 0.3 is 0 Å². The van der Waals surface area contributed by atoms with Crippen LogP contribution in [0.2, 0.25) is 0 Å². The highest BCUT2D eigenvalue weighted by Gasteiger charge is 2.31. The lowest BCUT2D eigenvalue weighted by Gasteiger charge is -2.29. The Balaban J connectivity index is 2.13. The summed E-state index contributed by atoms with van der Waals surface area (Å²) < 4.78 is 26.3. The van der Waals surface area contributed by atoms with Crippen molar-refractivity contribution < 1.29 is 13.2 Å². The number of nitrogens with two attached hydrogens (primary N) is 1. The Kier molecular flexibility index (Phi) is 4.82. The molecule has 1 saturated heterocycles. The molecule has 0 aliphatic carbocycles. The first kappa shape index (κ1) is 15.5. The molecule has 0 saturated carbocycles. The average Bonchev–Trinajstić information content (AvgIpc) is 2.47. The third kappa shape index (κ3) is 3.21. The summed E-state index contributed by atoms with van der Waals surface area (Å²) >= 11 is 3.33. The SMILES string of the molecule is NC(=O)C1CCN(S(=O)(=O)c2ccc(CBr)cc2)CC1. The van der Waals surface area contributed by atoms with E-state index in [1.807, 2.05) is 0 Å². The van der Waals surface area contributed by atoms with E-state index in [4.69, 9.17) is 5.73 Å². The van der Waals surface area contributed by atoms with Gasteiger partial charge in [0, 0.05) is 24.3 Å². The summed E-state index contributed by atoms with van der Waals surface area (Å²) in [4.78, 5) is 11.4. The van der Waals surface area contributed by atoms with Gasteiger partial charge in [-0.3, -0.25) is 4.79 Å². The van der Waals surface area contributed by atoms with Crippen LogP contribution in [0.25, 0.3) is 0 Å². The third-order valence-corrected chi connectivity index (χ3v) is 6.13. The second kappa shape index (κ2) is 6.24. The lowest BCUT2D eigenvalue weighted by Crippen LogP contribution is -2.41. The van der Waals surface area contributed by atoms with Crippen molar-refractivity contribution in [3.05, 3.63) is 29.8 Å². The van der Waals surface area contributed by atoms with Crippen LogP contribution in [0.5, 0.6) is 0 Å². The first-order valence-electron chi connectivity index (χ1n) is 6.39. The second-order valence-electron chi connectivity index (χ2n) is 4.86. The van der Waals surface area contributed by atoms with Crippen LogP contribution < -0.4 is 5.73 Å². The minimum Gasteiger partial charge on any atom is -0.369 e. The van der Waals surface area contributed by atoms with Crippen molar-refractivity contribution in [1.82, 2.24) is 4.31 Å². The summed E-state index contributed by atoms with van der Waals surface area (Å²) in [5.74, 6) is -0.555. The van der Waals surface area contributed by atoms with Crippen molar-refractivity contribution in [2.24, 2.45) is 11.7 Å². The Morgan fingerprint density at radius 3 is 2.25 bits per heavy atom. The fourth-order valence-corrected chi connectivity index (χ4v) is 4.12. The zero-order valence-electron chi connectivity index (χ0n) is 11.0. The molecular weight excluding hydrogens is 344 g/mol. The number of nitrogens with zero attached hydrogens (tertiary/aromatic N) is 1. The van der Waals surface area contributed by atoms with Crippen LogP contribution in [0.4, 0.5) is 0 Å². The summed E-state index contributed by atoms with van der Waals surface area (Å²) in [6.07, 6.45) is 0.988. The van der Waals surface area contributed by atoms with Crippen molar-refractivity contribution in [2.75, 3.05) is 13.1 Å². The minimum absolute atomic E-state index is 0.211. The van der Waals surface area contributed by atoms with Crippen LogP contribution in [0.1, 0.15) is 18.4 Å². The number of alkyl halides is 1. The highest BCUT2D eigenvalue weighted by Crippen LogP contribution is 2.24. The van der Waals surface area contributed by atoms with Crippen LogP contribution >= 0.6 is 15.9 Å². The molecule has 0 bridgehead atoms. The van der Waals surface area contributed by atoms with Gasteiger partial charge in [-0.15, -0.1) is 0 Å². The van der Waals surface area contributed by atoms with Gasteiger partial charge in [0.2, 0.25) is 15.9 Å². The molecule has 7 heteroatoms. The number of carbonyl (C=O) groups is 1. The number of benzene rings is 1. The molecule has 0 aromatic heterocycles. The maximum Gasteiger partial charge on any atom is 0.243 e. The van der Waals surface area contributed by atoms with E-state index in [0.29, 0.717) is 36.2 Å². The monoisotopic (exact) mass is 360 g/mol. The van der Waals surface area contributed by atoms with Crippen LogP contribution in [0.3, 0.4) is 0 Å². The predicted molar refractivity (Wildman–Crippen MR) is 79.8 cm³/mol. The number of hydrogen-bond acceptors (Lipinski definition) is 3. The summed E-state index contributed by atoms with van der Waals surface area (Å²) in [6.45, 7) is 0.687. The number of halogens is 1. The zero-order chi connectivity index (χ0) is 14.8. The average molecular weight is 361 g/mol. The minimum atomic E-state index is -3.47. The van der Waals surface area contributed by atoms with E-state index in [9.17, 15) is 13.2 Å². The number of amides is 1. The second-order valence-corrected chi connectivity index (χ2v) is 7.36. The van der Waals surface area contributed by atoms with E-state index in [1.54, 1.807) is 24.3 Å². The molecule has 20 heavy (non-hydrogen) atoms. The van der Waals surface area contributed by atoms with Crippen LogP contribution in [-0.2, 0) is 20.1 Å². The van der Waals surface area contributed by atoms with Crippen molar-refractivity contribution in [3.8, 4) is 0 Å². The van der Waals surface area contributed by atoms with Gasteiger partial charge < -0.3 is 5.73 Å². The topological polar surface area (TPSA) is 80.5 Å². The number of primary amides is 1. The fraction of sp³-hybridized carbons (Fsp3) is 0.462. The highest BCUT2D eigenvalue weighted by atomic mass is 79.9. The molecule has 1 heterocycles. The Hall–Kier alpha value is -0.920. The summed E-state index contributed by atoms with van der Waals surface area (Å²) in [5.41, 5.74) is 6.28. The van der Waals surface area contributed by atoms with E-state index in [2.05, 4.69) is 15.9 Å². The Morgan fingerprint density at radius 2 is 1.80 bits per heavy atom. The summed E-state index contributed by atoms with van der Waals surface area (Å²) in [5, 5.41) is 0.692. The molecular formula is C13H17BrN2O3S. The van der Waals surface area contributed by atoms with Crippen LogP contribution in [0.15, 0.2) is 29.2 Å². The lowest BCUT2D eigenvalue weighted by atomic mass is 9.98. The van der Waals surface area contributed by atoms with E-state index >= 15 is 0 Å². The quantitative estimate of drug-likeness (QED) is 0.825. The molecule has 110 valence electrons. The molecule has 2 rings (SSSR count). The molecule has 1 fully saturated rings. The molecule has 0 unspecified atom stereocenters. The highest BCUT2D eigenvalue weighted by molar-refractivity contribution is 9.08. The standard InChI is InChI=1S/C13H17BrN2O3S/c14-9-10-1-3-12(4-2-10)20(18,19)16-7-5-11(6-8-16)13(15)17/h1-4,11H,5-9H2,(H2,15,17). The van der Waals surface area contributed by atoms with Gasteiger partial charge in [-0.1, -0.05) is 28.1 Å². The van der Waals surface area contributed by atoms with E-state index in [-0.39, 0.29) is 11.8 Å². The fourth-order valence-electron chi connectivity index (χ4n) is 2.28. The third-order valence-electron chi connectivity index (χ3n) is 3.57. The molecule has 1 aliphatic rings. The molecule has 0 radical (unpaired) electrons. The van der Waals surface area contributed by atoms with Gasteiger partial charge in [0.1, 0.15) is 0 Å². The lowest BCUT2D eigenvalue weighted by molar-refractivity contribution is -0.122. The molecule has 0 spiro atoms. The number of piperidine rings is 1. The van der Waals surface area contributed by atoms with E-state index in [1.165, 1.54) is 4.31 Å². The van der Waals surface area contributed by atoms with Crippen molar-refractivity contribution in [3.63, 3.8) is 0 Å². The maximum absolute atomic E-state index is 12.5. The summed E-state index contributed by atoms with van der Waals surface area (Å²) in [6, 6.07) is 6.81.